The molecule has 0 aliphatic heterocycles. The maximum absolute atomic E-state index is 5.64. The van der Waals surface area contributed by atoms with Crippen LogP contribution in [0.15, 0.2) is 6.20 Å². The summed E-state index contributed by atoms with van der Waals surface area (Å²) in [6.07, 6.45) is 23.0. The second-order valence-corrected chi connectivity index (χ2v) is 7.66. The highest BCUT2D eigenvalue weighted by atomic mass is 32.1. The maximum Gasteiger partial charge on any atom is 0.180 e. The van der Waals surface area contributed by atoms with E-state index in [9.17, 15) is 0 Å². The zero-order chi connectivity index (χ0) is 15.9. The molecule has 0 spiro atoms. The van der Waals surface area contributed by atoms with Crippen LogP contribution < -0.4 is 5.73 Å². The number of hydrogen-bond donors (Lipinski definition) is 1. The molecule has 0 fully saturated rings. The van der Waals surface area contributed by atoms with Gasteiger partial charge in [0, 0.05) is 11.1 Å². The molecule has 0 aromatic carbocycles. The molecule has 0 amide bonds. The van der Waals surface area contributed by atoms with E-state index in [-0.39, 0.29) is 0 Å². The summed E-state index contributed by atoms with van der Waals surface area (Å²) in [7, 11) is 0. The molecule has 0 atom stereocenters. The van der Waals surface area contributed by atoms with E-state index in [4.69, 9.17) is 5.73 Å². The van der Waals surface area contributed by atoms with Gasteiger partial charge in [-0.2, -0.15) is 0 Å². The SMILES string of the molecule is CCCCCCCCCCCCCCCCc1cnc(N)s1. The summed E-state index contributed by atoms with van der Waals surface area (Å²) < 4.78 is 0. The van der Waals surface area contributed by atoms with Crippen molar-refractivity contribution in [3.63, 3.8) is 0 Å². The van der Waals surface area contributed by atoms with Crippen molar-refractivity contribution in [2.45, 2.75) is 103 Å². The van der Waals surface area contributed by atoms with Crippen LogP contribution in [0.3, 0.4) is 0 Å². The van der Waals surface area contributed by atoms with E-state index in [1.807, 2.05) is 6.20 Å². The van der Waals surface area contributed by atoms with Gasteiger partial charge in [-0.25, -0.2) is 4.98 Å². The van der Waals surface area contributed by atoms with Crippen LogP contribution in [0.5, 0.6) is 0 Å². The summed E-state index contributed by atoms with van der Waals surface area (Å²) in [5.41, 5.74) is 5.64. The molecule has 0 aliphatic carbocycles. The largest absolute Gasteiger partial charge is 0.375 e. The fourth-order valence-corrected chi connectivity index (χ4v) is 3.66. The van der Waals surface area contributed by atoms with Gasteiger partial charge in [0.2, 0.25) is 0 Å². The van der Waals surface area contributed by atoms with Gasteiger partial charge < -0.3 is 5.73 Å². The lowest BCUT2D eigenvalue weighted by atomic mass is 10.0. The predicted octanol–water partition coefficient (Wildman–Crippen LogP) is 6.75. The van der Waals surface area contributed by atoms with Gasteiger partial charge in [-0.1, -0.05) is 90.4 Å². The van der Waals surface area contributed by atoms with Crippen molar-refractivity contribution >= 4 is 16.5 Å². The van der Waals surface area contributed by atoms with Crippen molar-refractivity contribution in [3.05, 3.63) is 11.1 Å². The van der Waals surface area contributed by atoms with E-state index in [1.54, 1.807) is 11.3 Å². The van der Waals surface area contributed by atoms with Crippen molar-refractivity contribution in [1.29, 1.82) is 0 Å². The van der Waals surface area contributed by atoms with Gasteiger partial charge in [0.15, 0.2) is 5.13 Å². The lowest BCUT2D eigenvalue weighted by molar-refractivity contribution is 0.536. The molecule has 1 aromatic rings. The highest BCUT2D eigenvalue weighted by Gasteiger charge is 1.98. The van der Waals surface area contributed by atoms with Crippen molar-refractivity contribution < 1.29 is 0 Å². The molecule has 0 aliphatic rings. The van der Waals surface area contributed by atoms with Crippen molar-refractivity contribution in [2.75, 3.05) is 5.73 Å². The van der Waals surface area contributed by atoms with Crippen LogP contribution >= 0.6 is 11.3 Å². The number of nitrogens with zero attached hydrogens (tertiary/aromatic N) is 1. The number of aromatic nitrogens is 1. The molecule has 3 heteroatoms. The highest BCUT2D eigenvalue weighted by Crippen LogP contribution is 2.18. The molecule has 128 valence electrons. The topological polar surface area (TPSA) is 38.9 Å². The summed E-state index contributed by atoms with van der Waals surface area (Å²) in [5.74, 6) is 0. The lowest BCUT2D eigenvalue weighted by Gasteiger charge is -2.03. The minimum Gasteiger partial charge on any atom is -0.375 e. The van der Waals surface area contributed by atoms with Crippen molar-refractivity contribution in [3.8, 4) is 0 Å². The lowest BCUT2D eigenvalue weighted by Crippen LogP contribution is -1.84. The van der Waals surface area contributed by atoms with Gasteiger partial charge in [0.25, 0.3) is 0 Å². The van der Waals surface area contributed by atoms with Gasteiger partial charge in [-0.05, 0) is 12.8 Å². The number of anilines is 1. The first-order valence-electron chi connectivity index (χ1n) is 9.53. The van der Waals surface area contributed by atoms with E-state index in [0.29, 0.717) is 5.13 Å². The summed E-state index contributed by atoms with van der Waals surface area (Å²) in [5, 5.41) is 0.709. The summed E-state index contributed by atoms with van der Waals surface area (Å²) in [4.78, 5) is 5.44. The number of unbranched alkanes of at least 4 members (excludes halogenated alkanes) is 13. The Morgan fingerprint density at radius 2 is 1.23 bits per heavy atom. The molecule has 22 heavy (non-hydrogen) atoms. The standard InChI is InChI=1S/C19H36N2S/c1-2-3-4-5-6-7-8-9-10-11-12-13-14-15-16-18-17-21-19(20)22-18/h17H,2-16H2,1H3,(H2,20,21). The first-order valence-corrected chi connectivity index (χ1v) is 10.3. The zero-order valence-corrected chi connectivity index (χ0v) is 15.4. The molecule has 0 unspecified atom stereocenters. The summed E-state index contributed by atoms with van der Waals surface area (Å²) in [6, 6.07) is 0. The predicted molar refractivity (Wildman–Crippen MR) is 101 cm³/mol. The number of nitrogens with two attached hydrogens (primary N) is 1. The van der Waals surface area contributed by atoms with Crippen molar-refractivity contribution in [1.82, 2.24) is 4.98 Å². The normalized spacial score (nSPS) is 11.1. The Hall–Kier alpha value is -0.570. The second kappa shape index (κ2) is 14.0. The number of nitrogen functional groups attached to an aromatic ring is 1. The van der Waals surface area contributed by atoms with Crippen LogP contribution in [-0.2, 0) is 6.42 Å². The van der Waals surface area contributed by atoms with Gasteiger partial charge in [0.1, 0.15) is 0 Å². The van der Waals surface area contributed by atoms with Crippen molar-refractivity contribution in [2.24, 2.45) is 0 Å². The Morgan fingerprint density at radius 1 is 0.773 bits per heavy atom. The Balaban J connectivity index is 1.73. The first-order chi connectivity index (χ1) is 10.8. The average Bonchev–Trinajstić information content (AvgIpc) is 2.93. The van der Waals surface area contributed by atoms with Gasteiger partial charge in [-0.15, -0.1) is 11.3 Å². The van der Waals surface area contributed by atoms with E-state index < -0.39 is 0 Å². The molecular weight excluding hydrogens is 288 g/mol. The first kappa shape index (κ1) is 19.5. The number of aryl methyl sites for hydroxylation is 1. The monoisotopic (exact) mass is 324 g/mol. The fourth-order valence-electron chi connectivity index (χ4n) is 2.93. The third kappa shape index (κ3) is 11.1. The van der Waals surface area contributed by atoms with Crippen LogP contribution in [0.1, 0.15) is 102 Å². The number of rotatable bonds is 15. The van der Waals surface area contributed by atoms with Crippen LogP contribution in [0.2, 0.25) is 0 Å². The molecule has 1 aromatic heterocycles. The Labute approximate surface area is 141 Å². The average molecular weight is 325 g/mol. The van der Waals surface area contributed by atoms with E-state index in [0.717, 1.165) is 6.42 Å². The van der Waals surface area contributed by atoms with Crippen LogP contribution in [0, 0.1) is 0 Å². The Kier molecular flexibility index (Phi) is 12.4. The summed E-state index contributed by atoms with van der Waals surface area (Å²) >= 11 is 1.64. The summed E-state index contributed by atoms with van der Waals surface area (Å²) in [6.45, 7) is 2.29. The minimum absolute atomic E-state index is 0.709. The molecule has 0 bridgehead atoms. The Morgan fingerprint density at radius 3 is 1.64 bits per heavy atom. The zero-order valence-electron chi connectivity index (χ0n) is 14.6. The molecule has 2 nitrogen and oxygen atoms in total. The third-order valence-electron chi connectivity index (χ3n) is 4.35. The molecule has 0 radical (unpaired) electrons. The number of thiazole rings is 1. The maximum atomic E-state index is 5.64. The van der Waals surface area contributed by atoms with Gasteiger partial charge in [0.05, 0.1) is 0 Å². The molecule has 0 saturated carbocycles. The molecule has 1 heterocycles. The molecule has 2 N–H and O–H groups in total. The van der Waals surface area contributed by atoms with E-state index in [1.165, 1.54) is 94.8 Å². The van der Waals surface area contributed by atoms with E-state index in [2.05, 4.69) is 11.9 Å². The van der Waals surface area contributed by atoms with Crippen LogP contribution in [0.25, 0.3) is 0 Å². The van der Waals surface area contributed by atoms with Crippen LogP contribution in [-0.4, -0.2) is 4.98 Å². The highest BCUT2D eigenvalue weighted by molar-refractivity contribution is 7.15. The molecular formula is C19H36N2S. The smallest absolute Gasteiger partial charge is 0.180 e. The minimum atomic E-state index is 0.709. The molecule has 0 saturated heterocycles. The van der Waals surface area contributed by atoms with Crippen LogP contribution in [0.4, 0.5) is 5.13 Å². The third-order valence-corrected chi connectivity index (χ3v) is 5.23. The van der Waals surface area contributed by atoms with E-state index >= 15 is 0 Å². The quantitative estimate of drug-likeness (QED) is 0.362. The van der Waals surface area contributed by atoms with Gasteiger partial charge >= 0.3 is 0 Å². The molecule has 1 rings (SSSR count). The Bertz CT molecular complexity index is 349. The second-order valence-electron chi connectivity index (χ2n) is 6.51. The van der Waals surface area contributed by atoms with Gasteiger partial charge in [-0.3, -0.25) is 0 Å². The fraction of sp³-hybridized carbons (Fsp3) is 0.842. The number of hydrogen-bond acceptors (Lipinski definition) is 3.